The van der Waals surface area contributed by atoms with E-state index in [-0.39, 0.29) is 11.0 Å². The predicted octanol–water partition coefficient (Wildman–Crippen LogP) is 6.06. The van der Waals surface area contributed by atoms with Gasteiger partial charge in [-0.1, -0.05) is 50.6 Å². The summed E-state index contributed by atoms with van der Waals surface area (Å²) < 4.78 is 11.6. The molecule has 0 saturated carbocycles. The monoisotopic (exact) mass is 451 g/mol. The zero-order valence-corrected chi connectivity index (χ0v) is 20.6. The molecule has 1 atom stereocenters. The van der Waals surface area contributed by atoms with Crippen LogP contribution in [0.4, 0.5) is 0 Å². The Hall–Kier alpha value is -1.34. The second-order valence-corrected chi connectivity index (χ2v) is 15.3. The van der Waals surface area contributed by atoms with E-state index in [0.29, 0.717) is 11.6 Å². The lowest BCUT2D eigenvalue weighted by atomic mass is 10.0. The minimum absolute atomic E-state index is 0.156. The van der Waals surface area contributed by atoms with Gasteiger partial charge in [0.1, 0.15) is 6.04 Å². The van der Waals surface area contributed by atoms with Crippen molar-refractivity contribution < 1.29 is 14.0 Å². The lowest BCUT2D eigenvalue weighted by molar-refractivity contribution is -0.147. The molecule has 0 fully saturated rings. The van der Waals surface area contributed by atoms with Crippen molar-refractivity contribution in [2.75, 3.05) is 13.7 Å². The second-order valence-electron chi connectivity index (χ2n) is 9.04. The van der Waals surface area contributed by atoms with Crippen LogP contribution in [0.5, 0.6) is 5.06 Å². The summed E-state index contributed by atoms with van der Waals surface area (Å²) in [6.45, 7) is 12.7. The topological polar surface area (TPSA) is 38.8 Å². The molecule has 158 valence electrons. The molecule has 29 heavy (non-hydrogen) atoms. The zero-order chi connectivity index (χ0) is 21.4. The van der Waals surface area contributed by atoms with Gasteiger partial charge in [0, 0.05) is 23.0 Å². The summed E-state index contributed by atoms with van der Waals surface area (Å²) in [4.78, 5) is 16.1. The van der Waals surface area contributed by atoms with Crippen LogP contribution in [0.2, 0.25) is 23.2 Å². The zero-order valence-electron chi connectivity index (χ0n) is 18.0. The quantitative estimate of drug-likeness (QED) is 0.409. The Morgan fingerprint density at radius 1 is 1.28 bits per heavy atom. The van der Waals surface area contributed by atoms with E-state index in [1.54, 1.807) is 11.3 Å². The van der Waals surface area contributed by atoms with Crippen LogP contribution >= 0.6 is 22.9 Å². The van der Waals surface area contributed by atoms with Crippen molar-refractivity contribution >= 4 is 37.2 Å². The highest BCUT2D eigenvalue weighted by Crippen LogP contribution is 2.42. The van der Waals surface area contributed by atoms with Crippen LogP contribution in [0.25, 0.3) is 0 Å². The molecule has 0 N–H and O–H groups in total. The molecular weight excluding hydrogens is 422 g/mol. The molecule has 4 nitrogen and oxygen atoms in total. The molecule has 0 spiro atoms. The average molecular weight is 452 g/mol. The van der Waals surface area contributed by atoms with E-state index in [1.807, 2.05) is 24.3 Å². The fraction of sp³-hybridized carbons (Fsp3) is 0.500. The molecule has 0 bridgehead atoms. The van der Waals surface area contributed by atoms with Gasteiger partial charge in [-0.2, -0.15) is 0 Å². The third-order valence-corrected chi connectivity index (χ3v) is 12.0. The third-order valence-electron chi connectivity index (χ3n) is 6.02. The molecule has 1 aromatic heterocycles. The molecule has 0 radical (unpaired) electrons. The van der Waals surface area contributed by atoms with Gasteiger partial charge in [-0.3, -0.25) is 4.90 Å². The van der Waals surface area contributed by atoms with E-state index in [9.17, 15) is 4.79 Å². The number of rotatable bonds is 5. The van der Waals surface area contributed by atoms with Gasteiger partial charge in [0.05, 0.1) is 7.11 Å². The Morgan fingerprint density at radius 2 is 1.97 bits per heavy atom. The molecule has 0 aliphatic carbocycles. The van der Waals surface area contributed by atoms with Crippen LogP contribution in [0.3, 0.4) is 0 Å². The van der Waals surface area contributed by atoms with E-state index in [1.165, 1.54) is 17.6 Å². The number of nitrogens with zero attached hydrogens (tertiary/aromatic N) is 1. The first-order valence-corrected chi connectivity index (χ1v) is 14.0. The van der Waals surface area contributed by atoms with Crippen molar-refractivity contribution in [3.8, 4) is 5.06 Å². The van der Waals surface area contributed by atoms with Gasteiger partial charge >= 0.3 is 5.97 Å². The molecule has 7 heteroatoms. The number of ether oxygens (including phenoxy) is 1. The molecule has 2 aromatic rings. The van der Waals surface area contributed by atoms with Crippen LogP contribution in [0, 0.1) is 0 Å². The van der Waals surface area contributed by atoms with Crippen molar-refractivity contribution in [1.82, 2.24) is 4.90 Å². The number of esters is 1. The van der Waals surface area contributed by atoms with Crippen LogP contribution in [-0.2, 0) is 22.5 Å². The van der Waals surface area contributed by atoms with Gasteiger partial charge in [-0.05, 0) is 47.8 Å². The number of benzene rings is 1. The highest BCUT2D eigenvalue weighted by molar-refractivity contribution is 7.14. The van der Waals surface area contributed by atoms with E-state index < -0.39 is 14.4 Å². The van der Waals surface area contributed by atoms with Crippen LogP contribution in [0.15, 0.2) is 30.3 Å². The molecule has 1 aliphatic rings. The second kappa shape index (κ2) is 8.42. The number of halogens is 1. The molecule has 1 unspecified atom stereocenters. The first kappa shape index (κ1) is 22.3. The van der Waals surface area contributed by atoms with Gasteiger partial charge in [-0.15, -0.1) is 11.3 Å². The van der Waals surface area contributed by atoms with E-state index in [0.717, 1.165) is 23.6 Å². The first-order valence-electron chi connectivity index (χ1n) is 9.90. The lowest BCUT2D eigenvalue weighted by Crippen LogP contribution is -2.43. The number of fused-ring (bicyclic) bond motifs is 1. The summed E-state index contributed by atoms with van der Waals surface area (Å²) in [5, 5.41) is 1.74. The highest BCUT2D eigenvalue weighted by atomic mass is 35.5. The van der Waals surface area contributed by atoms with Gasteiger partial charge in [-0.25, -0.2) is 4.79 Å². The molecule has 3 rings (SSSR count). The van der Waals surface area contributed by atoms with Crippen LogP contribution < -0.4 is 4.43 Å². The van der Waals surface area contributed by atoms with Gasteiger partial charge in [0.25, 0.3) is 8.32 Å². The standard InChI is InChI=1S/C22H30ClNO3SSi/c1-22(2,3)29(5,6)27-19-13-15-14-24(12-11-18(15)28-19)20(21(25)26-4)16-9-7-8-10-17(16)23/h7-10,13,20H,11-12,14H2,1-6H3. The van der Waals surface area contributed by atoms with Gasteiger partial charge < -0.3 is 9.16 Å². The molecule has 1 aliphatic heterocycles. The number of thiophene rings is 1. The van der Waals surface area contributed by atoms with Crippen molar-refractivity contribution in [2.24, 2.45) is 0 Å². The molecule has 1 aromatic carbocycles. The summed E-state index contributed by atoms with van der Waals surface area (Å²) in [5.74, 6) is -0.283. The Morgan fingerprint density at radius 3 is 2.59 bits per heavy atom. The maximum Gasteiger partial charge on any atom is 0.327 e. The first-order chi connectivity index (χ1) is 13.5. The maximum atomic E-state index is 12.6. The van der Waals surface area contributed by atoms with Gasteiger partial charge in [0.15, 0.2) is 5.06 Å². The third kappa shape index (κ3) is 4.71. The van der Waals surface area contributed by atoms with Gasteiger partial charge in [0.2, 0.25) is 0 Å². The molecule has 0 saturated heterocycles. The Bertz CT molecular complexity index is 890. The maximum absolute atomic E-state index is 12.6. The number of hydrogen-bond donors (Lipinski definition) is 0. The van der Waals surface area contributed by atoms with E-state index in [4.69, 9.17) is 20.8 Å². The summed E-state index contributed by atoms with van der Waals surface area (Å²) in [5.41, 5.74) is 2.02. The van der Waals surface area contributed by atoms with E-state index >= 15 is 0 Å². The van der Waals surface area contributed by atoms with E-state index in [2.05, 4.69) is 44.8 Å². The van der Waals surface area contributed by atoms with Crippen molar-refractivity contribution in [3.63, 3.8) is 0 Å². The Labute approximate surface area is 183 Å². The Kier molecular flexibility index (Phi) is 6.49. The van der Waals surface area contributed by atoms with Crippen LogP contribution in [-0.4, -0.2) is 32.8 Å². The summed E-state index contributed by atoms with van der Waals surface area (Å²) in [6.07, 6.45) is 0.888. The number of hydrogen-bond acceptors (Lipinski definition) is 5. The number of methoxy groups -OCH3 is 1. The SMILES string of the molecule is COC(=O)C(c1ccccc1Cl)N1CCc2sc(O[Si](C)(C)C(C)(C)C)cc2C1. The van der Waals surface area contributed by atoms with Crippen molar-refractivity contribution in [1.29, 1.82) is 0 Å². The minimum Gasteiger partial charge on any atom is -0.537 e. The smallest absolute Gasteiger partial charge is 0.327 e. The predicted molar refractivity (Wildman–Crippen MR) is 122 cm³/mol. The largest absolute Gasteiger partial charge is 0.537 e. The summed E-state index contributed by atoms with van der Waals surface area (Å²) in [7, 11) is -0.450. The normalized spacial score (nSPS) is 16.2. The summed E-state index contributed by atoms with van der Waals surface area (Å²) in [6, 6.07) is 9.15. The highest BCUT2D eigenvalue weighted by Gasteiger charge is 2.40. The molecule has 2 heterocycles. The lowest BCUT2D eigenvalue weighted by Gasteiger charge is -2.35. The number of carbonyl (C=O) groups excluding carboxylic acids is 1. The fourth-order valence-electron chi connectivity index (χ4n) is 3.28. The Balaban J connectivity index is 1.85. The average Bonchev–Trinajstić information content (AvgIpc) is 3.03. The molecule has 0 amide bonds. The number of carbonyl (C=O) groups is 1. The van der Waals surface area contributed by atoms with Crippen LogP contribution in [0.1, 0.15) is 42.8 Å². The van der Waals surface area contributed by atoms with Crippen molar-refractivity contribution in [3.05, 3.63) is 51.4 Å². The molecular formula is C22H30ClNO3SSi. The fourth-order valence-corrected chi connectivity index (χ4v) is 6.07. The summed E-state index contributed by atoms with van der Waals surface area (Å²) >= 11 is 8.16. The van der Waals surface area contributed by atoms with Crippen molar-refractivity contribution in [2.45, 2.75) is 57.9 Å². The minimum atomic E-state index is -1.88.